The van der Waals surface area contributed by atoms with E-state index in [-0.39, 0.29) is 5.97 Å². The molecule has 0 bridgehead atoms. The molecular formula is C13H18O3. The third-order valence-corrected chi connectivity index (χ3v) is 2.33. The third kappa shape index (κ3) is 3.93. The van der Waals surface area contributed by atoms with Crippen molar-refractivity contribution < 1.29 is 14.3 Å². The van der Waals surface area contributed by atoms with Gasteiger partial charge in [-0.1, -0.05) is 25.1 Å². The number of carbonyl (C=O) groups excluding carboxylic acids is 1. The van der Waals surface area contributed by atoms with Crippen LogP contribution in [0.1, 0.15) is 19.4 Å². The van der Waals surface area contributed by atoms with Crippen LogP contribution in [0.25, 0.3) is 0 Å². The van der Waals surface area contributed by atoms with Crippen LogP contribution in [0.2, 0.25) is 0 Å². The van der Waals surface area contributed by atoms with Crippen LogP contribution in [0, 0.1) is 5.92 Å². The largest absolute Gasteiger partial charge is 0.496 e. The monoisotopic (exact) mass is 222 g/mol. The lowest BCUT2D eigenvalue weighted by Crippen LogP contribution is -2.12. The van der Waals surface area contributed by atoms with Crippen LogP contribution < -0.4 is 4.74 Å². The zero-order chi connectivity index (χ0) is 12.0. The highest BCUT2D eigenvalue weighted by atomic mass is 16.5. The van der Waals surface area contributed by atoms with Gasteiger partial charge in [0.05, 0.1) is 13.7 Å². The Hall–Kier alpha value is -1.51. The van der Waals surface area contributed by atoms with Gasteiger partial charge in [0.1, 0.15) is 5.75 Å². The molecule has 0 aliphatic rings. The first-order chi connectivity index (χ1) is 7.63. The van der Waals surface area contributed by atoms with Gasteiger partial charge in [-0.05, 0) is 24.0 Å². The molecule has 1 atom stereocenters. The Morgan fingerprint density at radius 1 is 1.38 bits per heavy atom. The summed E-state index contributed by atoms with van der Waals surface area (Å²) in [5.74, 6) is 0.948. The maximum Gasteiger partial charge on any atom is 0.302 e. The van der Waals surface area contributed by atoms with Gasteiger partial charge in [-0.2, -0.15) is 0 Å². The highest BCUT2D eigenvalue weighted by Gasteiger charge is 2.09. The molecule has 88 valence electrons. The molecule has 0 saturated heterocycles. The molecule has 0 spiro atoms. The molecule has 0 aliphatic carbocycles. The van der Waals surface area contributed by atoms with Crippen molar-refractivity contribution in [2.75, 3.05) is 13.7 Å². The number of carbonyl (C=O) groups is 1. The van der Waals surface area contributed by atoms with Crippen molar-refractivity contribution in [2.24, 2.45) is 5.92 Å². The number of hydrogen-bond donors (Lipinski definition) is 0. The fourth-order valence-corrected chi connectivity index (χ4v) is 1.57. The van der Waals surface area contributed by atoms with E-state index in [0.29, 0.717) is 12.5 Å². The van der Waals surface area contributed by atoms with E-state index in [9.17, 15) is 4.79 Å². The minimum Gasteiger partial charge on any atom is -0.496 e. The summed E-state index contributed by atoms with van der Waals surface area (Å²) in [6, 6.07) is 7.90. The third-order valence-electron chi connectivity index (χ3n) is 2.33. The molecule has 0 fully saturated rings. The lowest BCUT2D eigenvalue weighted by molar-refractivity contribution is -0.142. The van der Waals surface area contributed by atoms with Gasteiger partial charge in [-0.25, -0.2) is 0 Å². The van der Waals surface area contributed by atoms with E-state index in [0.717, 1.165) is 17.7 Å². The molecule has 0 amide bonds. The zero-order valence-electron chi connectivity index (χ0n) is 10.0. The Kier molecular flexibility index (Phi) is 4.83. The number of rotatable bonds is 5. The average Bonchev–Trinajstić information content (AvgIpc) is 2.27. The summed E-state index contributed by atoms with van der Waals surface area (Å²) in [5, 5.41) is 0. The van der Waals surface area contributed by atoms with E-state index in [1.54, 1.807) is 7.11 Å². The van der Waals surface area contributed by atoms with Crippen molar-refractivity contribution >= 4 is 5.97 Å². The second kappa shape index (κ2) is 6.16. The van der Waals surface area contributed by atoms with Crippen LogP contribution in [0.5, 0.6) is 5.75 Å². The molecule has 0 N–H and O–H groups in total. The minimum absolute atomic E-state index is 0.230. The number of esters is 1. The van der Waals surface area contributed by atoms with E-state index in [1.165, 1.54) is 6.92 Å². The standard InChI is InChI=1S/C13H18O3/c1-10(9-16-11(2)14)8-12-6-4-5-7-13(12)15-3/h4-7,10H,8-9H2,1-3H3/t10-/m1/s1. The van der Waals surface area contributed by atoms with Crippen molar-refractivity contribution in [2.45, 2.75) is 20.3 Å². The van der Waals surface area contributed by atoms with Gasteiger partial charge in [-0.15, -0.1) is 0 Å². The van der Waals surface area contributed by atoms with Gasteiger partial charge >= 0.3 is 5.97 Å². The number of methoxy groups -OCH3 is 1. The van der Waals surface area contributed by atoms with Gasteiger partial charge in [-0.3, -0.25) is 4.79 Å². The van der Waals surface area contributed by atoms with E-state index in [2.05, 4.69) is 6.92 Å². The molecule has 0 heterocycles. The SMILES string of the molecule is COc1ccccc1C[C@@H](C)COC(C)=O. The van der Waals surface area contributed by atoms with Crippen LogP contribution in [-0.2, 0) is 16.0 Å². The highest BCUT2D eigenvalue weighted by Crippen LogP contribution is 2.20. The molecular weight excluding hydrogens is 204 g/mol. The van der Waals surface area contributed by atoms with Crippen LogP contribution in [0.3, 0.4) is 0 Å². The Bertz CT molecular complexity index is 347. The van der Waals surface area contributed by atoms with Crippen molar-refractivity contribution in [3.05, 3.63) is 29.8 Å². The predicted octanol–water partition coefficient (Wildman–Crippen LogP) is 2.44. The van der Waals surface area contributed by atoms with Crippen LogP contribution in [-0.4, -0.2) is 19.7 Å². The predicted molar refractivity (Wildman–Crippen MR) is 62.5 cm³/mol. The Morgan fingerprint density at radius 3 is 2.69 bits per heavy atom. The van der Waals surface area contributed by atoms with Gasteiger partial charge in [0.15, 0.2) is 0 Å². The first-order valence-corrected chi connectivity index (χ1v) is 5.38. The van der Waals surface area contributed by atoms with E-state index in [4.69, 9.17) is 9.47 Å². The summed E-state index contributed by atoms with van der Waals surface area (Å²) >= 11 is 0. The summed E-state index contributed by atoms with van der Waals surface area (Å²) in [6.07, 6.45) is 0.845. The molecule has 16 heavy (non-hydrogen) atoms. The summed E-state index contributed by atoms with van der Waals surface area (Å²) in [6.45, 7) is 3.93. The number of ether oxygens (including phenoxy) is 2. The number of para-hydroxylation sites is 1. The normalized spacial score (nSPS) is 11.9. The quantitative estimate of drug-likeness (QED) is 0.718. The van der Waals surface area contributed by atoms with Crippen LogP contribution in [0.4, 0.5) is 0 Å². The summed E-state index contributed by atoms with van der Waals surface area (Å²) in [5.41, 5.74) is 1.14. The Morgan fingerprint density at radius 2 is 2.06 bits per heavy atom. The first-order valence-electron chi connectivity index (χ1n) is 5.38. The average molecular weight is 222 g/mol. The minimum atomic E-state index is -0.230. The smallest absolute Gasteiger partial charge is 0.302 e. The second-order valence-corrected chi connectivity index (χ2v) is 3.92. The maximum atomic E-state index is 10.7. The van der Waals surface area contributed by atoms with Crippen LogP contribution >= 0.6 is 0 Å². The number of benzene rings is 1. The summed E-state index contributed by atoms with van der Waals surface area (Å²) < 4.78 is 10.2. The maximum absolute atomic E-state index is 10.7. The molecule has 1 aromatic rings. The van der Waals surface area contributed by atoms with Crippen molar-refractivity contribution in [1.29, 1.82) is 0 Å². The fourth-order valence-electron chi connectivity index (χ4n) is 1.57. The Labute approximate surface area is 96.4 Å². The highest BCUT2D eigenvalue weighted by molar-refractivity contribution is 5.65. The fraction of sp³-hybridized carbons (Fsp3) is 0.462. The molecule has 3 heteroatoms. The van der Waals surface area contributed by atoms with Gasteiger partial charge < -0.3 is 9.47 Å². The van der Waals surface area contributed by atoms with Gasteiger partial charge in [0, 0.05) is 6.92 Å². The lowest BCUT2D eigenvalue weighted by Gasteiger charge is -2.13. The topological polar surface area (TPSA) is 35.5 Å². The molecule has 3 nitrogen and oxygen atoms in total. The first kappa shape index (κ1) is 12.6. The molecule has 0 unspecified atom stereocenters. The molecule has 0 aliphatic heterocycles. The van der Waals surface area contributed by atoms with Crippen molar-refractivity contribution in [1.82, 2.24) is 0 Å². The number of hydrogen-bond acceptors (Lipinski definition) is 3. The van der Waals surface area contributed by atoms with Crippen molar-refractivity contribution in [3.63, 3.8) is 0 Å². The molecule has 1 aromatic carbocycles. The molecule has 0 aromatic heterocycles. The zero-order valence-corrected chi connectivity index (χ0v) is 10.0. The lowest BCUT2D eigenvalue weighted by atomic mass is 10.0. The van der Waals surface area contributed by atoms with Gasteiger partial charge in [0.2, 0.25) is 0 Å². The molecule has 0 radical (unpaired) electrons. The summed E-state index contributed by atoms with van der Waals surface area (Å²) in [7, 11) is 1.66. The van der Waals surface area contributed by atoms with Gasteiger partial charge in [0.25, 0.3) is 0 Å². The summed E-state index contributed by atoms with van der Waals surface area (Å²) in [4.78, 5) is 10.7. The van der Waals surface area contributed by atoms with E-state index in [1.807, 2.05) is 24.3 Å². The second-order valence-electron chi connectivity index (χ2n) is 3.92. The molecule has 1 rings (SSSR count). The molecule has 0 saturated carbocycles. The van der Waals surface area contributed by atoms with E-state index >= 15 is 0 Å². The Balaban J connectivity index is 2.55. The van der Waals surface area contributed by atoms with Crippen LogP contribution in [0.15, 0.2) is 24.3 Å². The van der Waals surface area contributed by atoms with Crippen molar-refractivity contribution in [3.8, 4) is 5.75 Å². The van der Waals surface area contributed by atoms with E-state index < -0.39 is 0 Å².